The number of nitrogens with one attached hydrogen (secondary N) is 1. The normalized spacial score (nSPS) is 9.57. The number of carbonyl (C=O) groups excluding carboxylic acids is 1. The molecule has 14 heavy (non-hydrogen) atoms. The summed E-state index contributed by atoms with van der Waals surface area (Å²) < 4.78 is 0.566. The zero-order valence-electron chi connectivity index (χ0n) is 6.75. The minimum atomic E-state index is -1.54. The first kappa shape index (κ1) is 11.0. The Kier molecular flexibility index (Phi) is 3.49. The van der Waals surface area contributed by atoms with Gasteiger partial charge in [-0.1, -0.05) is 11.6 Å². The number of carboxylic acid groups (broad SMARTS) is 1. The quantitative estimate of drug-likeness (QED) is 0.773. The molecule has 0 aliphatic carbocycles. The van der Waals surface area contributed by atoms with Gasteiger partial charge in [0, 0.05) is 9.50 Å². The van der Waals surface area contributed by atoms with E-state index >= 15 is 0 Å². The SMILES string of the molecule is O=C(O)C(=O)Nc1cc(Cl)ccc1Br. The fourth-order valence-corrected chi connectivity index (χ4v) is 1.29. The van der Waals surface area contributed by atoms with Crippen LogP contribution in [0.3, 0.4) is 0 Å². The molecule has 0 aliphatic heterocycles. The Morgan fingerprint density at radius 3 is 2.64 bits per heavy atom. The number of rotatable bonds is 1. The van der Waals surface area contributed by atoms with Gasteiger partial charge in [0.05, 0.1) is 5.69 Å². The van der Waals surface area contributed by atoms with E-state index in [9.17, 15) is 9.59 Å². The van der Waals surface area contributed by atoms with Crippen LogP contribution in [0.2, 0.25) is 5.02 Å². The van der Waals surface area contributed by atoms with Crippen molar-refractivity contribution in [1.29, 1.82) is 0 Å². The predicted octanol–water partition coefficient (Wildman–Crippen LogP) is 2.13. The van der Waals surface area contributed by atoms with Crippen LogP contribution < -0.4 is 5.32 Å². The first-order valence-electron chi connectivity index (χ1n) is 3.50. The maximum Gasteiger partial charge on any atom is 0.394 e. The van der Waals surface area contributed by atoms with Crippen LogP contribution in [0, 0.1) is 0 Å². The minimum Gasteiger partial charge on any atom is -0.474 e. The van der Waals surface area contributed by atoms with Gasteiger partial charge in [-0.2, -0.15) is 0 Å². The molecular weight excluding hydrogens is 273 g/mol. The predicted molar refractivity (Wildman–Crippen MR) is 55.4 cm³/mol. The third kappa shape index (κ3) is 2.71. The fraction of sp³-hybridized carbons (Fsp3) is 0. The molecule has 0 saturated carbocycles. The Morgan fingerprint density at radius 1 is 1.43 bits per heavy atom. The molecule has 6 heteroatoms. The molecule has 1 rings (SSSR count). The molecule has 1 aromatic rings. The topological polar surface area (TPSA) is 66.4 Å². The van der Waals surface area contributed by atoms with Crippen molar-refractivity contribution in [2.24, 2.45) is 0 Å². The van der Waals surface area contributed by atoms with Gasteiger partial charge in [0.1, 0.15) is 0 Å². The highest BCUT2D eigenvalue weighted by molar-refractivity contribution is 9.10. The second kappa shape index (κ2) is 4.43. The number of carbonyl (C=O) groups is 2. The van der Waals surface area contributed by atoms with Gasteiger partial charge in [-0.05, 0) is 34.1 Å². The summed E-state index contributed by atoms with van der Waals surface area (Å²) >= 11 is 8.80. The number of amides is 1. The molecule has 0 unspecified atom stereocenters. The average molecular weight is 278 g/mol. The second-order valence-corrected chi connectivity index (χ2v) is 3.67. The highest BCUT2D eigenvalue weighted by Gasteiger charge is 2.12. The molecule has 1 amide bonds. The number of anilines is 1. The van der Waals surface area contributed by atoms with Crippen LogP contribution in [0.1, 0.15) is 0 Å². The van der Waals surface area contributed by atoms with Crippen molar-refractivity contribution in [3.8, 4) is 0 Å². The lowest BCUT2D eigenvalue weighted by atomic mass is 10.3. The van der Waals surface area contributed by atoms with E-state index < -0.39 is 11.9 Å². The molecular formula is C8H5BrClNO3. The Labute approximate surface area is 93.0 Å². The van der Waals surface area contributed by atoms with E-state index in [4.69, 9.17) is 16.7 Å². The molecule has 1 aromatic carbocycles. The molecule has 0 saturated heterocycles. The average Bonchev–Trinajstić information content (AvgIpc) is 2.11. The summed E-state index contributed by atoms with van der Waals surface area (Å²) in [5, 5.41) is 10.9. The van der Waals surface area contributed by atoms with E-state index in [2.05, 4.69) is 21.2 Å². The van der Waals surface area contributed by atoms with Gasteiger partial charge in [-0.15, -0.1) is 0 Å². The fourth-order valence-electron chi connectivity index (χ4n) is 0.769. The number of halogens is 2. The summed E-state index contributed by atoms with van der Waals surface area (Å²) in [4.78, 5) is 21.0. The van der Waals surface area contributed by atoms with Crippen molar-refractivity contribution < 1.29 is 14.7 Å². The summed E-state index contributed by atoms with van der Waals surface area (Å²) in [7, 11) is 0. The van der Waals surface area contributed by atoms with Gasteiger partial charge in [0.15, 0.2) is 0 Å². The highest BCUT2D eigenvalue weighted by atomic mass is 79.9. The molecule has 0 heterocycles. The second-order valence-electron chi connectivity index (χ2n) is 2.38. The molecule has 2 N–H and O–H groups in total. The molecule has 74 valence electrons. The van der Waals surface area contributed by atoms with Crippen LogP contribution in [0.25, 0.3) is 0 Å². The van der Waals surface area contributed by atoms with Gasteiger partial charge in [0.25, 0.3) is 0 Å². The van der Waals surface area contributed by atoms with Crippen molar-refractivity contribution in [3.05, 3.63) is 27.7 Å². The summed E-state index contributed by atoms with van der Waals surface area (Å²) in [5.74, 6) is -2.65. The Morgan fingerprint density at radius 2 is 2.07 bits per heavy atom. The monoisotopic (exact) mass is 277 g/mol. The first-order chi connectivity index (χ1) is 6.50. The van der Waals surface area contributed by atoms with Crippen molar-refractivity contribution in [2.45, 2.75) is 0 Å². The van der Waals surface area contributed by atoms with Crippen LogP contribution in [0.4, 0.5) is 5.69 Å². The first-order valence-corrected chi connectivity index (χ1v) is 4.67. The molecule has 4 nitrogen and oxygen atoms in total. The lowest BCUT2D eigenvalue weighted by Crippen LogP contribution is -2.21. The largest absolute Gasteiger partial charge is 0.474 e. The summed E-state index contributed by atoms with van der Waals surface area (Å²) in [6, 6.07) is 4.67. The number of carboxylic acids is 1. The van der Waals surface area contributed by atoms with Gasteiger partial charge in [-0.3, -0.25) is 4.79 Å². The molecule has 0 atom stereocenters. The maximum atomic E-state index is 10.8. The van der Waals surface area contributed by atoms with Crippen LogP contribution in [0.15, 0.2) is 22.7 Å². The van der Waals surface area contributed by atoms with Crippen LogP contribution in [-0.2, 0) is 9.59 Å². The van der Waals surface area contributed by atoms with Crippen molar-refractivity contribution in [1.82, 2.24) is 0 Å². The van der Waals surface area contributed by atoms with Crippen molar-refractivity contribution in [3.63, 3.8) is 0 Å². The number of hydrogen-bond donors (Lipinski definition) is 2. The molecule has 0 fully saturated rings. The lowest BCUT2D eigenvalue weighted by Gasteiger charge is -2.04. The number of hydrogen-bond acceptors (Lipinski definition) is 2. The standard InChI is InChI=1S/C8H5BrClNO3/c9-5-2-1-4(10)3-6(5)11-7(12)8(13)14/h1-3H,(H,11,12)(H,13,14). The molecule has 0 aromatic heterocycles. The summed E-state index contributed by atoms with van der Waals surface area (Å²) in [6.45, 7) is 0. The van der Waals surface area contributed by atoms with Crippen LogP contribution >= 0.6 is 27.5 Å². The van der Waals surface area contributed by atoms with E-state index in [0.29, 0.717) is 15.2 Å². The van der Waals surface area contributed by atoms with E-state index in [1.54, 1.807) is 12.1 Å². The molecule has 0 radical (unpaired) electrons. The van der Waals surface area contributed by atoms with Gasteiger partial charge >= 0.3 is 11.9 Å². The Bertz CT molecular complexity index is 394. The Balaban J connectivity index is 2.91. The number of aliphatic carboxylic acids is 1. The zero-order valence-corrected chi connectivity index (χ0v) is 9.09. The van der Waals surface area contributed by atoms with Crippen LogP contribution in [-0.4, -0.2) is 17.0 Å². The van der Waals surface area contributed by atoms with Crippen molar-refractivity contribution in [2.75, 3.05) is 5.32 Å². The third-order valence-electron chi connectivity index (χ3n) is 1.37. The van der Waals surface area contributed by atoms with Gasteiger partial charge in [0.2, 0.25) is 0 Å². The van der Waals surface area contributed by atoms with E-state index in [1.165, 1.54) is 6.07 Å². The third-order valence-corrected chi connectivity index (χ3v) is 2.30. The van der Waals surface area contributed by atoms with Gasteiger partial charge in [-0.25, -0.2) is 4.79 Å². The van der Waals surface area contributed by atoms with Gasteiger partial charge < -0.3 is 10.4 Å². The lowest BCUT2D eigenvalue weighted by molar-refractivity contribution is -0.147. The van der Waals surface area contributed by atoms with Crippen LogP contribution in [0.5, 0.6) is 0 Å². The zero-order chi connectivity index (χ0) is 10.7. The molecule has 0 bridgehead atoms. The Hall–Kier alpha value is -1.07. The minimum absolute atomic E-state index is 0.324. The number of benzene rings is 1. The molecule has 0 spiro atoms. The van der Waals surface area contributed by atoms with E-state index in [1.807, 2.05) is 0 Å². The maximum absolute atomic E-state index is 10.8. The smallest absolute Gasteiger partial charge is 0.394 e. The summed E-state index contributed by atoms with van der Waals surface area (Å²) in [5.41, 5.74) is 0.324. The highest BCUT2D eigenvalue weighted by Crippen LogP contribution is 2.25. The molecule has 0 aliphatic rings. The van der Waals surface area contributed by atoms with E-state index in [0.717, 1.165) is 0 Å². The summed E-state index contributed by atoms with van der Waals surface area (Å²) in [6.07, 6.45) is 0. The van der Waals surface area contributed by atoms with Crippen molar-refractivity contribution >= 4 is 45.1 Å². The van der Waals surface area contributed by atoms with E-state index in [-0.39, 0.29) is 0 Å².